The summed E-state index contributed by atoms with van der Waals surface area (Å²) in [6.07, 6.45) is 0. The van der Waals surface area contributed by atoms with E-state index in [0.717, 1.165) is 5.52 Å². The van der Waals surface area contributed by atoms with Gasteiger partial charge in [0.15, 0.2) is 11.6 Å². The van der Waals surface area contributed by atoms with E-state index in [1.54, 1.807) is 36.4 Å². The molecular formula is C23H15N3O2. The van der Waals surface area contributed by atoms with E-state index in [2.05, 4.69) is 9.97 Å². The number of aliphatic hydroxyl groups is 1. The smallest absolute Gasteiger partial charge is 0.193 e. The van der Waals surface area contributed by atoms with Crippen molar-refractivity contribution < 1.29 is 9.90 Å². The minimum absolute atomic E-state index is 0.0401. The molecule has 0 atom stereocenters. The van der Waals surface area contributed by atoms with Gasteiger partial charge < -0.3 is 10.1 Å². The number of aromatic amines is 1. The zero-order chi connectivity index (χ0) is 19.5. The lowest BCUT2D eigenvalue weighted by Gasteiger charge is -2.05. The maximum atomic E-state index is 12.5. The number of hydrogen-bond acceptors (Lipinski definition) is 4. The summed E-state index contributed by atoms with van der Waals surface area (Å²) in [4.78, 5) is 19.9. The number of para-hydroxylation sites is 2. The molecule has 5 nitrogen and oxygen atoms in total. The van der Waals surface area contributed by atoms with Crippen LogP contribution in [0, 0.1) is 11.3 Å². The summed E-state index contributed by atoms with van der Waals surface area (Å²) >= 11 is 0. The van der Waals surface area contributed by atoms with Crippen LogP contribution >= 0.6 is 0 Å². The molecule has 0 aliphatic carbocycles. The van der Waals surface area contributed by atoms with Crippen molar-refractivity contribution in [2.24, 2.45) is 0 Å². The number of hydrogen-bond donors (Lipinski definition) is 2. The normalized spacial score (nSPS) is 11.7. The quantitative estimate of drug-likeness (QED) is 0.310. The number of rotatable bonds is 4. The molecule has 0 unspecified atom stereocenters. The molecule has 0 saturated heterocycles. The van der Waals surface area contributed by atoms with Gasteiger partial charge in [-0.3, -0.25) is 4.79 Å². The first kappa shape index (κ1) is 17.3. The van der Waals surface area contributed by atoms with Gasteiger partial charge in [-0.05, 0) is 12.1 Å². The Morgan fingerprint density at radius 3 is 2.14 bits per heavy atom. The van der Waals surface area contributed by atoms with Crippen molar-refractivity contribution in [3.05, 3.63) is 101 Å². The topological polar surface area (TPSA) is 89.8 Å². The molecule has 0 aliphatic rings. The lowest BCUT2D eigenvalue weighted by atomic mass is 10.0. The predicted octanol–water partition coefficient (Wildman–Crippen LogP) is 4.74. The molecule has 134 valence electrons. The standard InChI is InChI=1S/C23H15N3O2/c24-14-18(23-25-19-8-4-5-9-20(19)26-23)22(28)17-12-10-16(11-13-17)21(27)15-6-2-1-3-7-15/h1-13,28H,(H,25,26). The van der Waals surface area contributed by atoms with Gasteiger partial charge in [0.2, 0.25) is 0 Å². The second-order valence-electron chi connectivity index (χ2n) is 6.21. The molecule has 5 heteroatoms. The van der Waals surface area contributed by atoms with Crippen molar-refractivity contribution in [2.75, 3.05) is 0 Å². The molecule has 1 heterocycles. The monoisotopic (exact) mass is 365 g/mol. The fraction of sp³-hybridized carbons (Fsp3) is 0. The number of fused-ring (bicyclic) bond motifs is 1. The largest absolute Gasteiger partial charge is 0.506 e. The fourth-order valence-electron chi connectivity index (χ4n) is 2.97. The highest BCUT2D eigenvalue weighted by molar-refractivity contribution is 6.09. The Kier molecular flexibility index (Phi) is 4.45. The number of nitrogens with one attached hydrogen (secondary N) is 1. The first-order chi connectivity index (χ1) is 13.7. The van der Waals surface area contributed by atoms with Gasteiger partial charge >= 0.3 is 0 Å². The number of H-pyrrole nitrogens is 1. The van der Waals surface area contributed by atoms with Gasteiger partial charge in [0.1, 0.15) is 17.4 Å². The minimum Gasteiger partial charge on any atom is -0.506 e. The molecule has 0 saturated carbocycles. The van der Waals surface area contributed by atoms with Crippen LogP contribution in [0.2, 0.25) is 0 Å². The Hall–Kier alpha value is -4.17. The number of benzene rings is 3. The average Bonchev–Trinajstić information content (AvgIpc) is 3.18. The van der Waals surface area contributed by atoms with Gasteiger partial charge in [0, 0.05) is 16.7 Å². The molecule has 4 rings (SSSR count). The minimum atomic E-state index is -0.194. The molecule has 0 bridgehead atoms. The van der Waals surface area contributed by atoms with Crippen molar-refractivity contribution >= 4 is 28.1 Å². The van der Waals surface area contributed by atoms with Crippen molar-refractivity contribution in [3.8, 4) is 6.07 Å². The van der Waals surface area contributed by atoms with E-state index in [0.29, 0.717) is 28.0 Å². The number of aliphatic hydroxyl groups excluding tert-OH is 1. The average molecular weight is 365 g/mol. The zero-order valence-electron chi connectivity index (χ0n) is 14.8. The van der Waals surface area contributed by atoms with E-state index in [4.69, 9.17) is 0 Å². The van der Waals surface area contributed by atoms with Crippen molar-refractivity contribution in [3.63, 3.8) is 0 Å². The van der Waals surface area contributed by atoms with Gasteiger partial charge in [0.25, 0.3) is 0 Å². The molecule has 3 aromatic carbocycles. The van der Waals surface area contributed by atoms with E-state index in [9.17, 15) is 15.2 Å². The highest BCUT2D eigenvalue weighted by Crippen LogP contribution is 2.24. The molecule has 0 spiro atoms. The SMILES string of the molecule is N#CC(=C(O)c1ccc(C(=O)c2ccccc2)cc1)c1nc2ccccc2[nH]1. The van der Waals surface area contributed by atoms with E-state index in [1.807, 2.05) is 48.5 Å². The number of carbonyl (C=O) groups excluding carboxylic acids is 1. The summed E-state index contributed by atoms with van der Waals surface area (Å²) in [7, 11) is 0. The molecule has 0 amide bonds. The number of nitrogens with zero attached hydrogens (tertiary/aromatic N) is 2. The third-order valence-corrected chi connectivity index (χ3v) is 4.43. The van der Waals surface area contributed by atoms with Crippen molar-refractivity contribution in [1.29, 1.82) is 5.26 Å². The molecule has 28 heavy (non-hydrogen) atoms. The molecular weight excluding hydrogens is 350 g/mol. The number of imidazole rings is 1. The molecule has 0 radical (unpaired) electrons. The van der Waals surface area contributed by atoms with Crippen LogP contribution in [0.15, 0.2) is 78.9 Å². The van der Waals surface area contributed by atoms with Crippen LogP contribution in [-0.4, -0.2) is 20.9 Å². The van der Waals surface area contributed by atoms with Crippen molar-refractivity contribution in [2.45, 2.75) is 0 Å². The van der Waals surface area contributed by atoms with Gasteiger partial charge in [-0.15, -0.1) is 0 Å². The molecule has 0 aliphatic heterocycles. The first-order valence-electron chi connectivity index (χ1n) is 8.66. The molecule has 4 aromatic rings. The zero-order valence-corrected chi connectivity index (χ0v) is 14.8. The Morgan fingerprint density at radius 2 is 1.46 bits per heavy atom. The third-order valence-electron chi connectivity index (χ3n) is 4.43. The second-order valence-corrected chi connectivity index (χ2v) is 6.21. The van der Waals surface area contributed by atoms with Crippen LogP contribution in [0.4, 0.5) is 0 Å². The summed E-state index contributed by atoms with van der Waals surface area (Å²) in [6.45, 7) is 0. The number of carbonyl (C=O) groups is 1. The van der Waals surface area contributed by atoms with Crippen LogP contribution in [0.3, 0.4) is 0 Å². The number of allylic oxidation sites excluding steroid dienone is 1. The van der Waals surface area contributed by atoms with E-state index < -0.39 is 0 Å². The predicted molar refractivity (Wildman–Crippen MR) is 107 cm³/mol. The lowest BCUT2D eigenvalue weighted by molar-refractivity contribution is 0.103. The van der Waals surface area contributed by atoms with Gasteiger partial charge in [-0.1, -0.05) is 66.7 Å². The maximum Gasteiger partial charge on any atom is 0.193 e. The van der Waals surface area contributed by atoms with Gasteiger partial charge in [-0.25, -0.2) is 4.98 Å². The van der Waals surface area contributed by atoms with Crippen LogP contribution in [-0.2, 0) is 0 Å². The number of nitriles is 1. The second kappa shape index (κ2) is 7.22. The fourth-order valence-corrected chi connectivity index (χ4v) is 2.97. The Labute approximate surface area is 161 Å². The van der Waals surface area contributed by atoms with Gasteiger partial charge in [0.05, 0.1) is 11.0 Å². The van der Waals surface area contributed by atoms with Crippen LogP contribution in [0.25, 0.3) is 22.4 Å². The van der Waals surface area contributed by atoms with E-state index >= 15 is 0 Å². The highest BCUT2D eigenvalue weighted by atomic mass is 16.3. The number of aromatic nitrogens is 2. The summed E-state index contributed by atoms with van der Waals surface area (Å²) in [5, 5.41) is 20.2. The molecule has 0 fully saturated rings. The third kappa shape index (κ3) is 3.15. The maximum absolute atomic E-state index is 12.5. The van der Waals surface area contributed by atoms with Crippen LogP contribution in [0.5, 0.6) is 0 Å². The van der Waals surface area contributed by atoms with Crippen LogP contribution < -0.4 is 0 Å². The van der Waals surface area contributed by atoms with Gasteiger partial charge in [-0.2, -0.15) is 5.26 Å². The highest BCUT2D eigenvalue weighted by Gasteiger charge is 2.15. The summed E-state index contributed by atoms with van der Waals surface area (Å²) < 4.78 is 0. The first-order valence-corrected chi connectivity index (χ1v) is 8.66. The van der Waals surface area contributed by atoms with E-state index in [-0.39, 0.29) is 17.1 Å². The number of ketones is 1. The Bertz CT molecular complexity index is 1200. The Balaban J connectivity index is 1.69. The molecule has 1 aromatic heterocycles. The van der Waals surface area contributed by atoms with E-state index in [1.165, 1.54) is 0 Å². The summed E-state index contributed by atoms with van der Waals surface area (Å²) in [5.74, 6) is -0.000634. The van der Waals surface area contributed by atoms with Crippen molar-refractivity contribution in [1.82, 2.24) is 9.97 Å². The van der Waals surface area contributed by atoms with Crippen LogP contribution in [0.1, 0.15) is 27.3 Å². The Morgan fingerprint density at radius 1 is 0.857 bits per heavy atom. The molecule has 2 N–H and O–H groups in total. The summed E-state index contributed by atoms with van der Waals surface area (Å²) in [6, 6.07) is 24.9. The summed E-state index contributed by atoms with van der Waals surface area (Å²) in [5.41, 5.74) is 3.06. The lowest BCUT2D eigenvalue weighted by Crippen LogP contribution is -2.01.